The molecule has 0 aliphatic heterocycles. The fourth-order valence-corrected chi connectivity index (χ4v) is 3.85. The summed E-state index contributed by atoms with van der Waals surface area (Å²) in [6.45, 7) is -0.733. The first kappa shape index (κ1) is 26.8. The van der Waals surface area contributed by atoms with Gasteiger partial charge in [0.2, 0.25) is 5.95 Å². The average molecular weight is 542 g/mol. The van der Waals surface area contributed by atoms with Crippen LogP contribution in [0.5, 0.6) is 0 Å². The Morgan fingerprint density at radius 3 is 2.37 bits per heavy atom. The van der Waals surface area contributed by atoms with Crippen molar-refractivity contribution in [2.75, 3.05) is 12.3 Å². The lowest BCUT2D eigenvalue weighted by Crippen LogP contribution is -2.45. The van der Waals surface area contributed by atoms with Crippen molar-refractivity contribution in [3.63, 3.8) is 0 Å². The number of alkyl halides is 6. The number of anilines is 1. The number of rotatable bonds is 6. The summed E-state index contributed by atoms with van der Waals surface area (Å²) in [6.07, 6.45) is -9.21. The molecular weight excluding hydrogens is 525 g/mol. The van der Waals surface area contributed by atoms with Gasteiger partial charge in [-0.25, -0.2) is 14.5 Å². The predicted octanol–water partition coefficient (Wildman–Crippen LogP) is 4.10. The molecule has 0 saturated carbocycles. The van der Waals surface area contributed by atoms with E-state index in [1.165, 1.54) is 18.2 Å². The van der Waals surface area contributed by atoms with E-state index in [9.17, 15) is 40.6 Å². The molecule has 3 heterocycles. The molecule has 0 radical (unpaired) electrons. The molecule has 15 heteroatoms. The molecular formula is C23H17F7N6O2. The third-order valence-electron chi connectivity index (χ3n) is 5.76. The molecule has 200 valence electrons. The summed E-state index contributed by atoms with van der Waals surface area (Å²) in [5.74, 6) is -3.02. The van der Waals surface area contributed by atoms with Crippen LogP contribution in [0.2, 0.25) is 0 Å². The maximum atomic E-state index is 14.4. The zero-order valence-corrected chi connectivity index (χ0v) is 19.0. The first-order valence-corrected chi connectivity index (χ1v) is 10.7. The number of carbonyl (C=O) groups excluding carboxylic acids is 1. The van der Waals surface area contributed by atoms with E-state index in [4.69, 9.17) is 5.73 Å². The quantitative estimate of drug-likeness (QED) is 0.250. The minimum atomic E-state index is -5.10. The summed E-state index contributed by atoms with van der Waals surface area (Å²) < 4.78 is 96.9. The summed E-state index contributed by atoms with van der Waals surface area (Å²) in [6, 6.07) is 7.71. The molecule has 1 atom stereocenters. The lowest BCUT2D eigenvalue weighted by Gasteiger charge is -2.31. The lowest BCUT2D eigenvalue weighted by atomic mass is 9.89. The maximum absolute atomic E-state index is 14.4. The summed E-state index contributed by atoms with van der Waals surface area (Å²) in [5.41, 5.74) is -1.11. The molecule has 1 aromatic carbocycles. The fourth-order valence-electron chi connectivity index (χ4n) is 3.85. The molecule has 0 spiro atoms. The van der Waals surface area contributed by atoms with Gasteiger partial charge in [0.05, 0.1) is 16.8 Å². The maximum Gasteiger partial charge on any atom is 0.421 e. The van der Waals surface area contributed by atoms with Crippen molar-refractivity contribution >= 4 is 17.2 Å². The zero-order valence-electron chi connectivity index (χ0n) is 19.0. The molecule has 1 unspecified atom stereocenters. The van der Waals surface area contributed by atoms with Crippen LogP contribution in [0.25, 0.3) is 16.8 Å². The Morgan fingerprint density at radius 2 is 1.74 bits per heavy atom. The van der Waals surface area contributed by atoms with Gasteiger partial charge in [-0.2, -0.15) is 35.8 Å². The normalized spacial score (nSPS) is 13.9. The van der Waals surface area contributed by atoms with Crippen LogP contribution in [0, 0.1) is 5.95 Å². The first-order valence-electron chi connectivity index (χ1n) is 10.7. The molecule has 38 heavy (non-hydrogen) atoms. The van der Waals surface area contributed by atoms with Crippen LogP contribution in [0.15, 0.2) is 55.0 Å². The summed E-state index contributed by atoms with van der Waals surface area (Å²) in [7, 11) is 0. The van der Waals surface area contributed by atoms with Gasteiger partial charge in [0.1, 0.15) is 11.8 Å². The number of nitrogens with one attached hydrogen (secondary N) is 1. The zero-order chi connectivity index (χ0) is 27.9. The molecule has 0 aliphatic carbocycles. The molecule has 1 amide bonds. The molecule has 4 rings (SSSR count). The minimum Gasteiger partial charge on any atom is -0.382 e. The number of hydrogen-bond donors (Lipinski definition) is 3. The Balaban J connectivity index is 1.63. The number of aromatic nitrogens is 4. The molecule has 4 N–H and O–H groups in total. The van der Waals surface area contributed by atoms with Crippen LogP contribution >= 0.6 is 0 Å². The Bertz CT molecular complexity index is 1490. The number of carbonyl (C=O) groups is 1. The number of halogens is 7. The lowest BCUT2D eigenvalue weighted by molar-refractivity contribution is -0.268. The highest BCUT2D eigenvalue weighted by Gasteiger charge is 2.54. The Morgan fingerprint density at radius 1 is 1.05 bits per heavy atom. The number of hydrogen-bond acceptors (Lipinski definition) is 6. The summed E-state index contributed by atoms with van der Waals surface area (Å²) in [5, 5.41) is 16.2. The van der Waals surface area contributed by atoms with E-state index < -0.39 is 70.8 Å². The van der Waals surface area contributed by atoms with Crippen molar-refractivity contribution in [3.8, 4) is 11.3 Å². The molecule has 0 aliphatic rings. The summed E-state index contributed by atoms with van der Waals surface area (Å²) >= 11 is 0. The van der Waals surface area contributed by atoms with E-state index in [0.29, 0.717) is 6.07 Å². The third kappa shape index (κ3) is 4.83. The van der Waals surface area contributed by atoms with Gasteiger partial charge < -0.3 is 16.2 Å². The number of fused-ring (bicyclic) bond motifs is 1. The van der Waals surface area contributed by atoms with Crippen LogP contribution in [0.4, 0.5) is 36.6 Å². The second-order valence-electron chi connectivity index (χ2n) is 8.14. The fraction of sp³-hybridized carbons (Fsp3) is 0.217. The van der Waals surface area contributed by atoms with Gasteiger partial charge in [-0.05, 0) is 17.7 Å². The van der Waals surface area contributed by atoms with Crippen LogP contribution in [0.1, 0.15) is 27.9 Å². The number of nitrogens with two attached hydrogens (primary N) is 1. The van der Waals surface area contributed by atoms with Gasteiger partial charge in [-0.1, -0.05) is 30.3 Å². The SMILES string of the molecule is Nc1ncnn2c(-c3cnc(F)c(C(=O)NCCC(O)(c4ccccc4)C(F)(F)F)c3)cc(C(F)(F)F)c12. The topological polar surface area (TPSA) is 118 Å². The van der Waals surface area contributed by atoms with Crippen molar-refractivity contribution in [2.24, 2.45) is 0 Å². The smallest absolute Gasteiger partial charge is 0.382 e. The van der Waals surface area contributed by atoms with Crippen LogP contribution < -0.4 is 11.1 Å². The van der Waals surface area contributed by atoms with Crippen LogP contribution in [-0.2, 0) is 11.8 Å². The van der Waals surface area contributed by atoms with E-state index in [1.807, 2.05) is 0 Å². The predicted molar refractivity (Wildman–Crippen MR) is 119 cm³/mol. The first-order chi connectivity index (χ1) is 17.7. The number of pyridine rings is 1. The number of nitrogens with zero attached hydrogens (tertiary/aromatic N) is 4. The molecule has 0 saturated heterocycles. The van der Waals surface area contributed by atoms with Crippen molar-refractivity contribution in [1.29, 1.82) is 0 Å². The molecule has 4 aromatic rings. The Hall–Kier alpha value is -4.27. The van der Waals surface area contributed by atoms with E-state index in [0.717, 1.165) is 35.2 Å². The largest absolute Gasteiger partial charge is 0.421 e. The van der Waals surface area contributed by atoms with Crippen LogP contribution in [0.3, 0.4) is 0 Å². The third-order valence-corrected chi connectivity index (χ3v) is 5.76. The van der Waals surface area contributed by atoms with Crippen molar-refractivity contribution in [2.45, 2.75) is 24.4 Å². The number of benzene rings is 1. The van der Waals surface area contributed by atoms with Gasteiger partial charge in [0.15, 0.2) is 11.4 Å². The van der Waals surface area contributed by atoms with E-state index >= 15 is 0 Å². The van der Waals surface area contributed by atoms with Crippen molar-refractivity contribution < 1.29 is 40.6 Å². The van der Waals surface area contributed by atoms with E-state index in [1.54, 1.807) is 0 Å². The monoisotopic (exact) mass is 542 g/mol. The highest BCUT2D eigenvalue weighted by atomic mass is 19.4. The molecule has 0 fully saturated rings. The highest BCUT2D eigenvalue weighted by Crippen LogP contribution is 2.41. The Labute approximate surface area is 208 Å². The standard InChI is InChI=1S/C23H17F7N6O2/c24-18-14(20(37)32-7-6-21(38,23(28,29)30)13-4-2-1-3-5-13)8-12(10-33-18)16-9-15(22(25,26)27)17-19(31)34-11-35-36(16)17/h1-5,8-11,38H,6-7H2,(H,32,37)(H2,31,34,35). The average Bonchev–Trinajstić information content (AvgIpc) is 3.26. The summed E-state index contributed by atoms with van der Waals surface area (Å²) in [4.78, 5) is 19.6. The molecule has 8 nitrogen and oxygen atoms in total. The molecule has 3 aromatic heterocycles. The van der Waals surface area contributed by atoms with Crippen molar-refractivity contribution in [3.05, 3.63) is 77.6 Å². The van der Waals surface area contributed by atoms with Gasteiger partial charge in [-0.15, -0.1) is 0 Å². The van der Waals surface area contributed by atoms with Gasteiger partial charge in [0.25, 0.3) is 5.91 Å². The molecule has 0 bridgehead atoms. The van der Waals surface area contributed by atoms with Crippen LogP contribution in [-0.4, -0.2) is 43.3 Å². The second-order valence-corrected chi connectivity index (χ2v) is 8.14. The number of aliphatic hydroxyl groups is 1. The van der Waals surface area contributed by atoms with E-state index in [2.05, 4.69) is 20.4 Å². The van der Waals surface area contributed by atoms with E-state index in [-0.39, 0.29) is 11.3 Å². The van der Waals surface area contributed by atoms with Gasteiger partial charge >= 0.3 is 12.4 Å². The minimum absolute atomic E-state index is 0.170. The van der Waals surface area contributed by atoms with Crippen molar-refractivity contribution in [1.82, 2.24) is 24.9 Å². The highest BCUT2D eigenvalue weighted by molar-refractivity contribution is 5.95. The number of nitrogen functional groups attached to an aromatic ring is 1. The van der Waals surface area contributed by atoms with Gasteiger partial charge in [0, 0.05) is 24.7 Å². The Kier molecular flexibility index (Phi) is 6.73. The second kappa shape index (κ2) is 9.55. The van der Waals surface area contributed by atoms with Gasteiger partial charge in [-0.3, -0.25) is 4.79 Å². The number of amides is 1.